The number of nitrogens with one attached hydrogen (secondary N) is 1. The molecule has 108 valence electrons. The molecule has 19 heavy (non-hydrogen) atoms. The molecule has 1 N–H and O–H groups in total. The highest BCUT2D eigenvalue weighted by atomic mass is 16.5. The number of ether oxygens (including phenoxy) is 2. The molecule has 0 aliphatic heterocycles. The molecule has 0 spiro atoms. The maximum absolute atomic E-state index is 5.48. The molecule has 1 atom stereocenters. The molecule has 1 unspecified atom stereocenters. The van der Waals surface area contributed by atoms with Crippen LogP contribution in [0.2, 0.25) is 0 Å². The average molecular weight is 265 g/mol. The van der Waals surface area contributed by atoms with Gasteiger partial charge in [0.05, 0.1) is 13.2 Å². The molecule has 3 heteroatoms. The first-order valence-electron chi connectivity index (χ1n) is 7.11. The zero-order chi connectivity index (χ0) is 14.1. The Morgan fingerprint density at radius 1 is 1.16 bits per heavy atom. The Labute approximate surface area is 117 Å². The van der Waals surface area contributed by atoms with E-state index in [2.05, 4.69) is 43.4 Å². The highest BCUT2D eigenvalue weighted by Gasteiger charge is 2.15. The molecule has 0 radical (unpaired) electrons. The van der Waals surface area contributed by atoms with Crippen molar-refractivity contribution in [1.82, 2.24) is 5.32 Å². The first kappa shape index (κ1) is 16.0. The molecule has 1 aromatic rings. The summed E-state index contributed by atoms with van der Waals surface area (Å²) in [7, 11) is 1.73. The molecule has 0 bridgehead atoms. The Morgan fingerprint density at radius 2 is 1.84 bits per heavy atom. The summed E-state index contributed by atoms with van der Waals surface area (Å²) < 4.78 is 10.5. The minimum atomic E-state index is 0.521. The van der Waals surface area contributed by atoms with E-state index < -0.39 is 0 Å². The summed E-state index contributed by atoms with van der Waals surface area (Å²) in [6.07, 6.45) is 0. The third-order valence-electron chi connectivity index (χ3n) is 3.27. The number of hydrogen-bond donors (Lipinski definition) is 1. The summed E-state index contributed by atoms with van der Waals surface area (Å²) in [5.74, 6) is 2.07. The third-order valence-corrected chi connectivity index (χ3v) is 3.27. The summed E-state index contributed by atoms with van der Waals surface area (Å²) in [4.78, 5) is 0. The molecule has 3 nitrogen and oxygen atoms in total. The summed E-state index contributed by atoms with van der Waals surface area (Å²) in [6.45, 7) is 9.88. The maximum Gasteiger partial charge on any atom is 0.119 e. The van der Waals surface area contributed by atoms with E-state index in [0.717, 1.165) is 25.4 Å². The molecule has 0 fully saturated rings. The summed E-state index contributed by atoms with van der Waals surface area (Å²) in [5, 5.41) is 3.45. The minimum absolute atomic E-state index is 0.521. The van der Waals surface area contributed by atoms with Crippen LogP contribution in [0.1, 0.15) is 32.3 Å². The van der Waals surface area contributed by atoms with E-state index in [1.807, 2.05) is 6.92 Å². The zero-order valence-electron chi connectivity index (χ0n) is 12.6. The Kier molecular flexibility index (Phi) is 7.53. The third kappa shape index (κ3) is 5.62. The van der Waals surface area contributed by atoms with Crippen LogP contribution in [0.3, 0.4) is 0 Å². The van der Waals surface area contributed by atoms with Crippen molar-refractivity contribution >= 4 is 0 Å². The largest absolute Gasteiger partial charge is 0.494 e. The molecule has 1 aromatic carbocycles. The predicted octanol–water partition coefficient (Wildman–Crippen LogP) is 3.06. The van der Waals surface area contributed by atoms with Crippen molar-refractivity contribution in [3.05, 3.63) is 29.8 Å². The van der Waals surface area contributed by atoms with Crippen molar-refractivity contribution in [3.63, 3.8) is 0 Å². The van der Waals surface area contributed by atoms with Crippen molar-refractivity contribution < 1.29 is 9.47 Å². The lowest BCUT2D eigenvalue weighted by atomic mass is 9.88. The van der Waals surface area contributed by atoms with E-state index in [0.29, 0.717) is 18.4 Å². The van der Waals surface area contributed by atoms with E-state index in [1.54, 1.807) is 7.11 Å². The molecule has 0 amide bonds. The average Bonchev–Trinajstić information content (AvgIpc) is 2.40. The van der Waals surface area contributed by atoms with E-state index in [9.17, 15) is 0 Å². The monoisotopic (exact) mass is 265 g/mol. The minimum Gasteiger partial charge on any atom is -0.494 e. The van der Waals surface area contributed by atoms with Crippen LogP contribution in [0, 0.1) is 5.92 Å². The normalized spacial score (nSPS) is 12.7. The van der Waals surface area contributed by atoms with Crippen molar-refractivity contribution in [3.8, 4) is 5.75 Å². The van der Waals surface area contributed by atoms with Crippen LogP contribution in [0.5, 0.6) is 5.75 Å². The van der Waals surface area contributed by atoms with Crippen molar-refractivity contribution in [2.75, 3.05) is 33.4 Å². The van der Waals surface area contributed by atoms with E-state index in [1.165, 1.54) is 5.56 Å². The van der Waals surface area contributed by atoms with Crippen molar-refractivity contribution in [2.24, 2.45) is 5.92 Å². The van der Waals surface area contributed by atoms with Gasteiger partial charge < -0.3 is 14.8 Å². The fourth-order valence-electron chi connectivity index (χ4n) is 2.15. The number of methoxy groups -OCH3 is 1. The van der Waals surface area contributed by atoms with Gasteiger partial charge in [-0.25, -0.2) is 0 Å². The first-order valence-corrected chi connectivity index (χ1v) is 7.11. The molecule has 0 aromatic heterocycles. The smallest absolute Gasteiger partial charge is 0.119 e. The number of rotatable bonds is 9. The van der Waals surface area contributed by atoms with E-state index in [-0.39, 0.29) is 0 Å². The first-order chi connectivity index (χ1) is 9.19. The van der Waals surface area contributed by atoms with Gasteiger partial charge in [-0.15, -0.1) is 0 Å². The Hall–Kier alpha value is -1.06. The van der Waals surface area contributed by atoms with Crippen LogP contribution in [0.4, 0.5) is 0 Å². The van der Waals surface area contributed by atoms with Crippen LogP contribution >= 0.6 is 0 Å². The van der Waals surface area contributed by atoms with Gasteiger partial charge in [0.1, 0.15) is 5.75 Å². The van der Waals surface area contributed by atoms with Crippen LogP contribution < -0.4 is 10.1 Å². The fraction of sp³-hybridized carbons (Fsp3) is 0.625. The van der Waals surface area contributed by atoms with Gasteiger partial charge in [-0.2, -0.15) is 0 Å². The molecular formula is C16H27NO2. The number of hydrogen-bond acceptors (Lipinski definition) is 3. The van der Waals surface area contributed by atoms with Gasteiger partial charge in [0.15, 0.2) is 0 Å². The second kappa shape index (κ2) is 8.94. The topological polar surface area (TPSA) is 30.5 Å². The lowest BCUT2D eigenvalue weighted by molar-refractivity contribution is 0.198. The van der Waals surface area contributed by atoms with Gasteiger partial charge >= 0.3 is 0 Å². The SMILES string of the molecule is CCOc1ccc(C(CNCCOC)C(C)C)cc1. The van der Waals surface area contributed by atoms with Crippen LogP contribution in [0.15, 0.2) is 24.3 Å². The second-order valence-electron chi connectivity index (χ2n) is 5.05. The molecule has 0 aliphatic rings. The molecule has 1 rings (SSSR count). The zero-order valence-corrected chi connectivity index (χ0v) is 12.6. The quantitative estimate of drug-likeness (QED) is 0.696. The highest BCUT2D eigenvalue weighted by molar-refractivity contribution is 5.30. The predicted molar refractivity (Wildman–Crippen MR) is 79.9 cm³/mol. The highest BCUT2D eigenvalue weighted by Crippen LogP contribution is 2.25. The fourth-order valence-corrected chi connectivity index (χ4v) is 2.15. The Morgan fingerprint density at radius 3 is 2.37 bits per heavy atom. The van der Waals surface area contributed by atoms with Gasteiger partial charge in [0.2, 0.25) is 0 Å². The molecule has 0 saturated heterocycles. The lowest BCUT2D eigenvalue weighted by Crippen LogP contribution is -2.27. The number of benzene rings is 1. The molecule has 0 saturated carbocycles. The van der Waals surface area contributed by atoms with E-state index >= 15 is 0 Å². The Bertz CT molecular complexity index is 335. The summed E-state index contributed by atoms with van der Waals surface area (Å²) >= 11 is 0. The van der Waals surface area contributed by atoms with Crippen LogP contribution in [-0.2, 0) is 4.74 Å². The van der Waals surface area contributed by atoms with Crippen LogP contribution in [-0.4, -0.2) is 33.4 Å². The van der Waals surface area contributed by atoms with Crippen molar-refractivity contribution in [2.45, 2.75) is 26.7 Å². The standard InChI is InChI=1S/C16H27NO2/c1-5-19-15-8-6-14(7-9-15)16(13(2)3)12-17-10-11-18-4/h6-9,13,16-17H,5,10-12H2,1-4H3. The van der Waals surface area contributed by atoms with Gasteiger partial charge in [0.25, 0.3) is 0 Å². The van der Waals surface area contributed by atoms with Crippen LogP contribution in [0.25, 0.3) is 0 Å². The van der Waals surface area contributed by atoms with Gasteiger partial charge in [-0.3, -0.25) is 0 Å². The molecular weight excluding hydrogens is 238 g/mol. The summed E-state index contributed by atoms with van der Waals surface area (Å²) in [5.41, 5.74) is 1.36. The Balaban J connectivity index is 2.59. The molecule has 0 aliphatic carbocycles. The van der Waals surface area contributed by atoms with Gasteiger partial charge in [-0.05, 0) is 36.5 Å². The van der Waals surface area contributed by atoms with Gasteiger partial charge in [0, 0.05) is 20.2 Å². The molecule has 0 heterocycles. The van der Waals surface area contributed by atoms with Crippen molar-refractivity contribution in [1.29, 1.82) is 0 Å². The van der Waals surface area contributed by atoms with E-state index in [4.69, 9.17) is 9.47 Å². The lowest BCUT2D eigenvalue weighted by Gasteiger charge is -2.22. The van der Waals surface area contributed by atoms with Gasteiger partial charge in [-0.1, -0.05) is 26.0 Å². The second-order valence-corrected chi connectivity index (χ2v) is 5.05. The summed E-state index contributed by atoms with van der Waals surface area (Å²) in [6, 6.07) is 8.47. The maximum atomic E-state index is 5.48.